The Morgan fingerprint density at radius 2 is 2.16 bits per heavy atom. The lowest BCUT2D eigenvalue weighted by molar-refractivity contribution is -0.127. The molecular weight excluding hydrogens is 236 g/mol. The Bertz CT molecular complexity index is 430. The molecule has 0 spiro atoms. The predicted octanol–water partition coefficient (Wildman–Crippen LogP) is 2.55. The van der Waals surface area contributed by atoms with Gasteiger partial charge in [-0.1, -0.05) is 24.3 Å². The SMILES string of the molecule is C=CC1CC(=O)N(CCCN(C)c2ccccc2)C1. The van der Waals surface area contributed by atoms with Crippen LogP contribution < -0.4 is 4.90 Å². The van der Waals surface area contributed by atoms with Gasteiger partial charge < -0.3 is 9.80 Å². The van der Waals surface area contributed by atoms with Gasteiger partial charge in [0.1, 0.15) is 0 Å². The molecule has 0 saturated carbocycles. The quantitative estimate of drug-likeness (QED) is 0.732. The van der Waals surface area contributed by atoms with Gasteiger partial charge in [-0.05, 0) is 18.6 Å². The molecule has 19 heavy (non-hydrogen) atoms. The minimum Gasteiger partial charge on any atom is -0.375 e. The Balaban J connectivity index is 1.75. The summed E-state index contributed by atoms with van der Waals surface area (Å²) in [6.45, 7) is 6.43. The number of anilines is 1. The highest BCUT2D eigenvalue weighted by Crippen LogP contribution is 2.18. The minimum absolute atomic E-state index is 0.271. The zero-order valence-corrected chi connectivity index (χ0v) is 11.6. The fraction of sp³-hybridized carbons (Fsp3) is 0.438. The molecular formula is C16H22N2O. The van der Waals surface area contributed by atoms with Crippen LogP contribution in [0, 0.1) is 5.92 Å². The van der Waals surface area contributed by atoms with Gasteiger partial charge in [0.15, 0.2) is 0 Å². The number of rotatable bonds is 6. The first kappa shape index (κ1) is 13.7. The molecule has 1 unspecified atom stereocenters. The zero-order valence-electron chi connectivity index (χ0n) is 11.6. The normalized spacial score (nSPS) is 18.7. The molecule has 1 fully saturated rings. The Morgan fingerprint density at radius 3 is 2.79 bits per heavy atom. The van der Waals surface area contributed by atoms with Crippen molar-refractivity contribution in [3.05, 3.63) is 43.0 Å². The first-order valence-corrected chi connectivity index (χ1v) is 6.87. The van der Waals surface area contributed by atoms with Crippen molar-refractivity contribution < 1.29 is 4.79 Å². The van der Waals surface area contributed by atoms with Gasteiger partial charge in [-0.25, -0.2) is 0 Å². The zero-order chi connectivity index (χ0) is 13.7. The van der Waals surface area contributed by atoms with E-state index in [0.29, 0.717) is 12.3 Å². The van der Waals surface area contributed by atoms with E-state index < -0.39 is 0 Å². The summed E-state index contributed by atoms with van der Waals surface area (Å²) >= 11 is 0. The van der Waals surface area contributed by atoms with Crippen molar-refractivity contribution >= 4 is 11.6 Å². The fourth-order valence-corrected chi connectivity index (χ4v) is 2.49. The number of para-hydroxylation sites is 1. The summed E-state index contributed by atoms with van der Waals surface area (Å²) in [4.78, 5) is 15.9. The van der Waals surface area contributed by atoms with Crippen LogP contribution in [0.2, 0.25) is 0 Å². The maximum absolute atomic E-state index is 11.8. The number of nitrogens with zero attached hydrogens (tertiary/aromatic N) is 2. The van der Waals surface area contributed by atoms with Crippen LogP contribution in [0.5, 0.6) is 0 Å². The largest absolute Gasteiger partial charge is 0.375 e. The van der Waals surface area contributed by atoms with E-state index in [4.69, 9.17) is 0 Å². The van der Waals surface area contributed by atoms with Crippen LogP contribution in [-0.4, -0.2) is 37.5 Å². The third-order valence-corrected chi connectivity index (χ3v) is 3.70. The molecule has 0 bridgehead atoms. The average Bonchev–Trinajstić information content (AvgIpc) is 2.80. The predicted molar refractivity (Wildman–Crippen MR) is 79.2 cm³/mol. The van der Waals surface area contributed by atoms with Gasteiger partial charge in [0.2, 0.25) is 5.91 Å². The number of amides is 1. The highest BCUT2D eigenvalue weighted by molar-refractivity contribution is 5.78. The average molecular weight is 258 g/mol. The van der Waals surface area contributed by atoms with Crippen molar-refractivity contribution in [1.82, 2.24) is 4.90 Å². The lowest BCUT2D eigenvalue weighted by Gasteiger charge is -2.21. The molecule has 3 heteroatoms. The fourth-order valence-electron chi connectivity index (χ4n) is 2.49. The second-order valence-electron chi connectivity index (χ2n) is 5.15. The van der Waals surface area contributed by atoms with Gasteiger partial charge in [-0.2, -0.15) is 0 Å². The van der Waals surface area contributed by atoms with Crippen LogP contribution in [0.25, 0.3) is 0 Å². The van der Waals surface area contributed by atoms with Crippen molar-refractivity contribution in [3.63, 3.8) is 0 Å². The topological polar surface area (TPSA) is 23.6 Å². The van der Waals surface area contributed by atoms with Gasteiger partial charge in [0.05, 0.1) is 0 Å². The lowest BCUT2D eigenvalue weighted by atomic mass is 10.1. The summed E-state index contributed by atoms with van der Waals surface area (Å²) in [5, 5.41) is 0. The van der Waals surface area contributed by atoms with Crippen LogP contribution in [0.15, 0.2) is 43.0 Å². The molecule has 1 aromatic carbocycles. The minimum atomic E-state index is 0.271. The second kappa shape index (κ2) is 6.41. The first-order chi connectivity index (χ1) is 9.20. The van der Waals surface area contributed by atoms with Gasteiger partial charge >= 0.3 is 0 Å². The van der Waals surface area contributed by atoms with E-state index in [9.17, 15) is 4.79 Å². The molecule has 1 saturated heterocycles. The lowest BCUT2D eigenvalue weighted by Crippen LogP contribution is -2.29. The Kier molecular flexibility index (Phi) is 4.61. The number of carbonyl (C=O) groups excluding carboxylic acids is 1. The molecule has 0 aromatic heterocycles. The van der Waals surface area contributed by atoms with E-state index >= 15 is 0 Å². The second-order valence-corrected chi connectivity index (χ2v) is 5.15. The summed E-state index contributed by atoms with van der Waals surface area (Å²) in [6.07, 6.45) is 3.53. The smallest absolute Gasteiger partial charge is 0.223 e. The Morgan fingerprint density at radius 1 is 1.42 bits per heavy atom. The molecule has 2 rings (SSSR count). The molecule has 102 valence electrons. The van der Waals surface area contributed by atoms with Gasteiger partial charge in [-0.3, -0.25) is 4.79 Å². The van der Waals surface area contributed by atoms with E-state index in [-0.39, 0.29) is 5.91 Å². The van der Waals surface area contributed by atoms with Gasteiger partial charge in [0.25, 0.3) is 0 Å². The number of likely N-dealkylation sites (tertiary alicyclic amines) is 1. The number of carbonyl (C=O) groups is 1. The number of benzene rings is 1. The maximum Gasteiger partial charge on any atom is 0.223 e. The highest BCUT2D eigenvalue weighted by Gasteiger charge is 2.26. The van der Waals surface area contributed by atoms with E-state index in [1.807, 2.05) is 29.2 Å². The van der Waals surface area contributed by atoms with Crippen LogP contribution in [0.4, 0.5) is 5.69 Å². The molecule has 0 N–H and O–H groups in total. The molecule has 0 aliphatic carbocycles. The van der Waals surface area contributed by atoms with E-state index in [1.165, 1.54) is 5.69 Å². The van der Waals surface area contributed by atoms with Crippen molar-refractivity contribution in [2.45, 2.75) is 12.8 Å². The number of hydrogen-bond donors (Lipinski definition) is 0. The third kappa shape index (κ3) is 3.60. The Hall–Kier alpha value is -1.77. The molecule has 1 heterocycles. The van der Waals surface area contributed by atoms with Crippen LogP contribution in [0.1, 0.15) is 12.8 Å². The van der Waals surface area contributed by atoms with Crippen LogP contribution in [0.3, 0.4) is 0 Å². The summed E-state index contributed by atoms with van der Waals surface area (Å²) in [6, 6.07) is 10.3. The van der Waals surface area contributed by atoms with Crippen molar-refractivity contribution in [1.29, 1.82) is 0 Å². The third-order valence-electron chi connectivity index (χ3n) is 3.70. The van der Waals surface area contributed by atoms with Gasteiger partial charge in [0, 0.05) is 44.7 Å². The number of hydrogen-bond acceptors (Lipinski definition) is 2. The van der Waals surface area contributed by atoms with Crippen LogP contribution >= 0.6 is 0 Å². The first-order valence-electron chi connectivity index (χ1n) is 6.87. The van der Waals surface area contributed by atoms with Crippen molar-refractivity contribution in [2.75, 3.05) is 31.6 Å². The maximum atomic E-state index is 11.8. The van der Waals surface area contributed by atoms with Crippen LogP contribution in [-0.2, 0) is 4.79 Å². The molecule has 0 radical (unpaired) electrons. The molecule has 3 nitrogen and oxygen atoms in total. The standard InChI is InChI=1S/C16H22N2O/c1-3-14-12-16(19)18(13-14)11-7-10-17(2)15-8-5-4-6-9-15/h3-6,8-9,14H,1,7,10-13H2,2H3. The molecule has 1 atom stereocenters. The Labute approximate surface area is 115 Å². The highest BCUT2D eigenvalue weighted by atomic mass is 16.2. The summed E-state index contributed by atoms with van der Waals surface area (Å²) < 4.78 is 0. The van der Waals surface area contributed by atoms with E-state index in [0.717, 1.165) is 26.1 Å². The molecule has 1 amide bonds. The van der Waals surface area contributed by atoms with Crippen molar-refractivity contribution in [3.8, 4) is 0 Å². The molecule has 1 aliphatic heterocycles. The van der Waals surface area contributed by atoms with E-state index in [2.05, 4.69) is 30.7 Å². The summed E-state index contributed by atoms with van der Waals surface area (Å²) in [5.74, 6) is 0.617. The summed E-state index contributed by atoms with van der Waals surface area (Å²) in [5.41, 5.74) is 1.22. The molecule has 1 aromatic rings. The van der Waals surface area contributed by atoms with Crippen molar-refractivity contribution in [2.24, 2.45) is 5.92 Å². The monoisotopic (exact) mass is 258 g/mol. The van der Waals surface area contributed by atoms with E-state index in [1.54, 1.807) is 0 Å². The summed E-state index contributed by atoms with van der Waals surface area (Å²) in [7, 11) is 2.09. The van der Waals surface area contributed by atoms with Gasteiger partial charge in [-0.15, -0.1) is 6.58 Å². The molecule has 1 aliphatic rings.